The van der Waals surface area contributed by atoms with Gasteiger partial charge < -0.3 is 53.6 Å². The van der Waals surface area contributed by atoms with Crippen LogP contribution in [0.25, 0.3) is 0 Å². The molecule has 0 saturated carbocycles. The quantitative estimate of drug-likeness (QED) is 0.188. The summed E-state index contributed by atoms with van der Waals surface area (Å²) in [6, 6.07) is 0. The molecular weight excluding hydrogens is 480 g/mol. The monoisotopic (exact) mass is 510 g/mol. The molecule has 0 bridgehead atoms. The van der Waals surface area contributed by atoms with Crippen molar-refractivity contribution in [3.05, 3.63) is 0 Å². The van der Waals surface area contributed by atoms with Crippen LogP contribution in [-0.2, 0) is 52.3 Å². The molecule has 2 aliphatic heterocycles. The molecule has 2 aliphatic rings. The Hall–Kier alpha value is -2.40. The van der Waals surface area contributed by atoms with Gasteiger partial charge in [-0.1, -0.05) is 0 Å². The third-order valence-electron chi connectivity index (χ3n) is 5.06. The van der Waals surface area contributed by atoms with Crippen molar-refractivity contribution in [1.82, 2.24) is 0 Å². The van der Waals surface area contributed by atoms with Crippen LogP contribution in [0.2, 0.25) is 0 Å². The lowest BCUT2D eigenvalue weighted by atomic mass is 9.97. The van der Waals surface area contributed by atoms with Crippen molar-refractivity contribution in [3.63, 3.8) is 0 Å². The Bertz CT molecular complexity index is 770. The van der Waals surface area contributed by atoms with Crippen LogP contribution in [0.15, 0.2) is 0 Å². The Morgan fingerprint density at radius 2 is 1.17 bits per heavy atom. The number of hydrogen-bond acceptors (Lipinski definition) is 15. The minimum absolute atomic E-state index is 0.508. The van der Waals surface area contributed by atoms with Crippen LogP contribution < -0.4 is 0 Å². The second-order valence-electron chi connectivity index (χ2n) is 7.90. The van der Waals surface area contributed by atoms with E-state index in [1.54, 1.807) is 0 Å². The van der Waals surface area contributed by atoms with Crippen molar-refractivity contribution in [1.29, 1.82) is 0 Å². The fourth-order valence-electron chi connectivity index (χ4n) is 3.61. The van der Waals surface area contributed by atoms with Gasteiger partial charge >= 0.3 is 23.9 Å². The first-order chi connectivity index (χ1) is 16.3. The zero-order valence-corrected chi connectivity index (χ0v) is 19.5. The molecule has 2 rings (SSSR count). The molecule has 0 aromatic carbocycles. The highest BCUT2D eigenvalue weighted by Crippen LogP contribution is 2.32. The Kier molecular flexibility index (Phi) is 10.3. The van der Waals surface area contributed by atoms with Crippen molar-refractivity contribution in [2.24, 2.45) is 0 Å². The van der Waals surface area contributed by atoms with E-state index in [1.165, 1.54) is 0 Å². The van der Waals surface area contributed by atoms with Gasteiger partial charge in [-0.05, 0) is 0 Å². The standard InChI is InChI=1S/C20H30O15/c1-7(22)29-6-12-16(30-8(2)23)17(31-9(3)24)18(32-10(4)25)20(34-12)35-19-15(28)14(27)13(26)11(5-21)33-19/h11-21,26-28H,5-6H2,1-4H3/t11-,12-,13-,14+,15-,16+,17-,18+,19-,20+/m1/s1. The fraction of sp³-hybridized carbons (Fsp3) is 0.800. The van der Waals surface area contributed by atoms with Gasteiger partial charge in [-0.2, -0.15) is 0 Å². The summed E-state index contributed by atoms with van der Waals surface area (Å²) in [4.78, 5) is 46.8. The van der Waals surface area contributed by atoms with E-state index in [1.807, 2.05) is 0 Å². The maximum absolute atomic E-state index is 11.8. The normalized spacial score (nSPS) is 37.1. The molecule has 2 fully saturated rings. The molecular formula is C20H30O15. The van der Waals surface area contributed by atoms with Crippen LogP contribution in [0, 0.1) is 0 Å². The number of ether oxygens (including phenoxy) is 7. The summed E-state index contributed by atoms with van der Waals surface area (Å²) in [6.07, 6.45) is -15.9. The maximum Gasteiger partial charge on any atom is 0.303 e. The molecule has 4 N–H and O–H groups in total. The number of hydrogen-bond donors (Lipinski definition) is 4. The van der Waals surface area contributed by atoms with Crippen LogP contribution >= 0.6 is 0 Å². The highest BCUT2D eigenvalue weighted by atomic mass is 16.8. The number of aliphatic hydroxyl groups excluding tert-OH is 4. The minimum atomic E-state index is -1.85. The van der Waals surface area contributed by atoms with Crippen LogP contribution in [0.4, 0.5) is 0 Å². The van der Waals surface area contributed by atoms with Crippen molar-refractivity contribution in [2.45, 2.75) is 89.1 Å². The van der Waals surface area contributed by atoms with Gasteiger partial charge in [-0.3, -0.25) is 19.2 Å². The molecule has 0 aromatic rings. The molecule has 10 atom stereocenters. The van der Waals surface area contributed by atoms with Gasteiger partial charge in [-0.25, -0.2) is 0 Å². The lowest BCUT2D eigenvalue weighted by Crippen LogP contribution is -2.65. The van der Waals surface area contributed by atoms with E-state index in [0.717, 1.165) is 27.7 Å². The summed E-state index contributed by atoms with van der Waals surface area (Å²) in [5.74, 6) is -3.27. The highest BCUT2D eigenvalue weighted by Gasteiger charge is 2.55. The number of carbonyl (C=O) groups is 4. The SMILES string of the molecule is CC(=O)OC[C@H]1O[C@@H](O[C@H]2O[C@H](CO)[C@@H](O)[C@H](O)[C@H]2O)[C@@H](OC(C)=O)[C@H](OC(C)=O)[C@H]1OC(C)=O. The molecule has 0 amide bonds. The molecule has 15 nitrogen and oxygen atoms in total. The number of aliphatic hydroxyl groups is 4. The van der Waals surface area contributed by atoms with Crippen LogP contribution in [0.5, 0.6) is 0 Å². The summed E-state index contributed by atoms with van der Waals surface area (Å²) >= 11 is 0. The van der Waals surface area contributed by atoms with E-state index in [4.69, 9.17) is 33.2 Å². The Morgan fingerprint density at radius 1 is 0.657 bits per heavy atom. The van der Waals surface area contributed by atoms with Crippen LogP contribution in [-0.4, -0.2) is 119 Å². The topological polar surface area (TPSA) is 214 Å². The Balaban J connectivity index is 2.43. The lowest BCUT2D eigenvalue weighted by Gasteiger charge is -2.46. The second-order valence-corrected chi connectivity index (χ2v) is 7.90. The lowest BCUT2D eigenvalue weighted by molar-refractivity contribution is -0.377. The third kappa shape index (κ3) is 7.54. The van der Waals surface area contributed by atoms with Crippen LogP contribution in [0.3, 0.4) is 0 Å². The molecule has 15 heteroatoms. The molecule has 0 radical (unpaired) electrons. The molecule has 2 saturated heterocycles. The van der Waals surface area contributed by atoms with E-state index >= 15 is 0 Å². The van der Waals surface area contributed by atoms with Crippen molar-refractivity contribution < 1.29 is 72.8 Å². The first-order valence-corrected chi connectivity index (χ1v) is 10.6. The molecule has 0 unspecified atom stereocenters. The molecule has 0 spiro atoms. The van der Waals surface area contributed by atoms with Gasteiger partial charge in [-0.15, -0.1) is 0 Å². The first-order valence-electron chi connectivity index (χ1n) is 10.6. The number of esters is 4. The van der Waals surface area contributed by atoms with Gasteiger partial charge in [0, 0.05) is 27.7 Å². The van der Waals surface area contributed by atoms with Gasteiger partial charge in [0.2, 0.25) is 6.29 Å². The van der Waals surface area contributed by atoms with E-state index in [9.17, 15) is 39.6 Å². The average Bonchev–Trinajstić information content (AvgIpc) is 2.75. The molecule has 200 valence electrons. The maximum atomic E-state index is 11.8. The van der Waals surface area contributed by atoms with Gasteiger partial charge in [0.15, 0.2) is 24.6 Å². The summed E-state index contributed by atoms with van der Waals surface area (Å²) in [6.45, 7) is 2.98. The predicted octanol–water partition coefficient (Wildman–Crippen LogP) is -3.11. The molecule has 0 aromatic heterocycles. The van der Waals surface area contributed by atoms with Crippen molar-refractivity contribution in [2.75, 3.05) is 13.2 Å². The zero-order valence-electron chi connectivity index (χ0n) is 19.5. The largest absolute Gasteiger partial charge is 0.463 e. The fourth-order valence-corrected chi connectivity index (χ4v) is 3.61. The summed E-state index contributed by atoms with van der Waals surface area (Å²) in [5, 5.41) is 39.7. The summed E-state index contributed by atoms with van der Waals surface area (Å²) in [5.41, 5.74) is 0. The summed E-state index contributed by atoms with van der Waals surface area (Å²) in [7, 11) is 0. The van der Waals surface area contributed by atoms with E-state index in [2.05, 4.69) is 0 Å². The second kappa shape index (κ2) is 12.5. The smallest absolute Gasteiger partial charge is 0.303 e. The number of carbonyl (C=O) groups excluding carboxylic acids is 4. The summed E-state index contributed by atoms with van der Waals surface area (Å²) < 4.78 is 37.2. The van der Waals surface area contributed by atoms with Gasteiger partial charge in [0.25, 0.3) is 0 Å². The van der Waals surface area contributed by atoms with Gasteiger partial charge in [0.1, 0.15) is 37.1 Å². The minimum Gasteiger partial charge on any atom is -0.463 e. The molecule has 2 heterocycles. The Labute approximate surface area is 199 Å². The number of rotatable bonds is 8. The van der Waals surface area contributed by atoms with E-state index < -0.39 is 98.5 Å². The first kappa shape index (κ1) is 28.8. The van der Waals surface area contributed by atoms with Gasteiger partial charge in [0.05, 0.1) is 6.61 Å². The molecule has 0 aliphatic carbocycles. The average molecular weight is 510 g/mol. The molecule has 35 heavy (non-hydrogen) atoms. The van der Waals surface area contributed by atoms with Crippen LogP contribution in [0.1, 0.15) is 27.7 Å². The zero-order chi connectivity index (χ0) is 26.4. The van der Waals surface area contributed by atoms with Crippen molar-refractivity contribution >= 4 is 23.9 Å². The Morgan fingerprint density at radius 3 is 1.69 bits per heavy atom. The van der Waals surface area contributed by atoms with E-state index in [0.29, 0.717) is 0 Å². The van der Waals surface area contributed by atoms with Crippen molar-refractivity contribution in [3.8, 4) is 0 Å². The predicted molar refractivity (Wildman–Crippen MR) is 107 cm³/mol. The third-order valence-corrected chi connectivity index (χ3v) is 5.06. The van der Waals surface area contributed by atoms with E-state index in [-0.39, 0.29) is 0 Å². The highest BCUT2D eigenvalue weighted by molar-refractivity contribution is 5.68.